The van der Waals surface area contributed by atoms with E-state index in [-0.39, 0.29) is 11.8 Å². The van der Waals surface area contributed by atoms with Gasteiger partial charge in [0.1, 0.15) is 11.6 Å². The predicted octanol–water partition coefficient (Wildman–Crippen LogP) is 6.61. The summed E-state index contributed by atoms with van der Waals surface area (Å²) in [6, 6.07) is 16.6. The van der Waals surface area contributed by atoms with Crippen LogP contribution in [0.25, 0.3) is 11.0 Å². The molecule has 1 amide bonds. The number of imidazole rings is 1. The summed E-state index contributed by atoms with van der Waals surface area (Å²) < 4.78 is 8.37. The van der Waals surface area contributed by atoms with Gasteiger partial charge in [-0.15, -0.1) is 0 Å². The topological polar surface area (TPSA) is 56.1 Å². The highest BCUT2D eigenvalue weighted by Crippen LogP contribution is 2.24. The number of carbonyl (C=O) groups is 1. The molecule has 1 aliphatic carbocycles. The second kappa shape index (κ2) is 13.3. The number of hydrogen-bond donors (Lipinski definition) is 1. The molecular formula is C30H41N3O2. The summed E-state index contributed by atoms with van der Waals surface area (Å²) >= 11 is 0. The average Bonchev–Trinajstić information content (AvgIpc) is 3.24. The molecule has 5 nitrogen and oxygen atoms in total. The van der Waals surface area contributed by atoms with Crippen molar-refractivity contribution in [1.29, 1.82) is 0 Å². The lowest BCUT2D eigenvalue weighted by Crippen LogP contribution is -2.32. The number of carbonyl (C=O) groups excluding carboxylic acids is 1. The molecule has 1 saturated carbocycles. The van der Waals surface area contributed by atoms with Crippen LogP contribution >= 0.6 is 0 Å². The number of amides is 1. The first-order valence-electron chi connectivity index (χ1n) is 13.6. The van der Waals surface area contributed by atoms with Crippen molar-refractivity contribution in [3.63, 3.8) is 0 Å². The van der Waals surface area contributed by atoms with Crippen LogP contribution in [0, 0.1) is 12.8 Å². The molecule has 3 aromatic rings. The SMILES string of the molecule is Cc1ccccc1OCCCCn1c(CCCCCNC(=O)C2CCCCC2)nc2ccccc21. The normalized spacial score (nSPS) is 14.3. The van der Waals surface area contributed by atoms with E-state index in [1.54, 1.807) is 0 Å². The van der Waals surface area contributed by atoms with E-state index in [9.17, 15) is 4.79 Å². The smallest absolute Gasteiger partial charge is 0.223 e. The fraction of sp³-hybridized carbons (Fsp3) is 0.533. The molecule has 0 saturated heterocycles. The highest BCUT2D eigenvalue weighted by atomic mass is 16.5. The van der Waals surface area contributed by atoms with Crippen LogP contribution in [0.2, 0.25) is 0 Å². The first kappa shape index (κ1) is 25.3. The Labute approximate surface area is 210 Å². The maximum atomic E-state index is 12.3. The number of unbranched alkanes of at least 4 members (excludes halogenated alkanes) is 3. The lowest BCUT2D eigenvalue weighted by atomic mass is 9.89. The first-order valence-corrected chi connectivity index (χ1v) is 13.6. The van der Waals surface area contributed by atoms with E-state index >= 15 is 0 Å². The monoisotopic (exact) mass is 475 g/mol. The Hall–Kier alpha value is -2.82. The molecule has 4 rings (SSSR count). The highest BCUT2D eigenvalue weighted by Gasteiger charge is 2.20. The molecule has 0 spiro atoms. The van der Waals surface area contributed by atoms with Crippen molar-refractivity contribution >= 4 is 16.9 Å². The molecule has 1 heterocycles. The lowest BCUT2D eigenvalue weighted by molar-refractivity contribution is -0.125. The molecule has 1 fully saturated rings. The number of ether oxygens (including phenoxy) is 1. The Balaban J connectivity index is 1.20. The molecule has 0 unspecified atom stereocenters. The number of aryl methyl sites for hydroxylation is 3. The molecule has 0 radical (unpaired) electrons. The van der Waals surface area contributed by atoms with Gasteiger partial charge < -0.3 is 14.6 Å². The van der Waals surface area contributed by atoms with E-state index < -0.39 is 0 Å². The number of nitrogens with zero attached hydrogens (tertiary/aromatic N) is 2. The Morgan fingerprint density at radius 2 is 1.77 bits per heavy atom. The van der Waals surface area contributed by atoms with Gasteiger partial charge in [-0.1, -0.05) is 56.0 Å². The summed E-state index contributed by atoms with van der Waals surface area (Å²) in [5.41, 5.74) is 3.49. The van der Waals surface area contributed by atoms with Gasteiger partial charge in [0.15, 0.2) is 0 Å². The van der Waals surface area contributed by atoms with Crippen LogP contribution in [-0.4, -0.2) is 28.6 Å². The summed E-state index contributed by atoms with van der Waals surface area (Å²) in [6.07, 6.45) is 12.1. The van der Waals surface area contributed by atoms with Crippen LogP contribution < -0.4 is 10.1 Å². The number of nitrogens with one attached hydrogen (secondary N) is 1. The molecule has 0 bridgehead atoms. The summed E-state index contributed by atoms with van der Waals surface area (Å²) in [7, 11) is 0. The summed E-state index contributed by atoms with van der Waals surface area (Å²) in [5, 5.41) is 3.17. The molecule has 1 aromatic heterocycles. The van der Waals surface area contributed by atoms with Gasteiger partial charge in [-0.05, 0) is 69.2 Å². The van der Waals surface area contributed by atoms with Gasteiger partial charge in [-0.3, -0.25) is 4.79 Å². The fourth-order valence-corrected chi connectivity index (χ4v) is 5.14. The van der Waals surface area contributed by atoms with Gasteiger partial charge in [-0.25, -0.2) is 4.98 Å². The Bertz CT molecular complexity index is 1070. The van der Waals surface area contributed by atoms with Crippen molar-refractivity contribution in [3.8, 4) is 5.75 Å². The zero-order chi connectivity index (χ0) is 24.3. The molecule has 1 N–H and O–H groups in total. The Morgan fingerprint density at radius 1 is 0.971 bits per heavy atom. The zero-order valence-corrected chi connectivity index (χ0v) is 21.3. The van der Waals surface area contributed by atoms with Gasteiger partial charge in [-0.2, -0.15) is 0 Å². The summed E-state index contributed by atoms with van der Waals surface area (Å²) in [5.74, 6) is 2.69. The van der Waals surface area contributed by atoms with E-state index in [1.165, 1.54) is 36.2 Å². The third kappa shape index (κ3) is 7.33. The van der Waals surface area contributed by atoms with Crippen LogP contribution in [-0.2, 0) is 17.8 Å². The number of aromatic nitrogens is 2. The van der Waals surface area contributed by atoms with E-state index in [0.717, 1.165) is 82.3 Å². The highest BCUT2D eigenvalue weighted by molar-refractivity contribution is 5.78. The van der Waals surface area contributed by atoms with Gasteiger partial charge in [0, 0.05) is 25.4 Å². The predicted molar refractivity (Wildman–Crippen MR) is 143 cm³/mol. The molecule has 2 aromatic carbocycles. The maximum absolute atomic E-state index is 12.3. The van der Waals surface area contributed by atoms with Crippen LogP contribution in [0.3, 0.4) is 0 Å². The molecule has 35 heavy (non-hydrogen) atoms. The van der Waals surface area contributed by atoms with Crippen molar-refractivity contribution in [1.82, 2.24) is 14.9 Å². The molecule has 0 aliphatic heterocycles. The van der Waals surface area contributed by atoms with Gasteiger partial charge in [0.2, 0.25) is 5.91 Å². The van der Waals surface area contributed by atoms with Crippen molar-refractivity contribution in [2.45, 2.75) is 84.1 Å². The van der Waals surface area contributed by atoms with E-state index in [0.29, 0.717) is 0 Å². The third-order valence-electron chi connectivity index (χ3n) is 7.21. The van der Waals surface area contributed by atoms with Crippen molar-refractivity contribution in [2.75, 3.05) is 13.2 Å². The van der Waals surface area contributed by atoms with Crippen LogP contribution in [0.4, 0.5) is 0 Å². The standard InChI is InChI=1S/C30H41N3O2/c1-24-14-7-10-19-28(24)35-23-13-12-22-33-27-18-9-8-17-26(27)32-29(33)20-6-3-11-21-31-30(34)25-15-4-2-5-16-25/h7-10,14,17-19,25H,2-6,11-13,15-16,20-23H2,1H3,(H,31,34). The number of rotatable bonds is 13. The minimum absolute atomic E-state index is 0.255. The van der Waals surface area contributed by atoms with Crippen molar-refractivity contribution in [3.05, 3.63) is 59.9 Å². The molecule has 1 aliphatic rings. The van der Waals surface area contributed by atoms with Gasteiger partial charge in [0.05, 0.1) is 17.6 Å². The third-order valence-corrected chi connectivity index (χ3v) is 7.21. The van der Waals surface area contributed by atoms with Crippen LogP contribution in [0.15, 0.2) is 48.5 Å². The Morgan fingerprint density at radius 3 is 2.63 bits per heavy atom. The second-order valence-corrected chi connectivity index (χ2v) is 9.93. The van der Waals surface area contributed by atoms with Crippen molar-refractivity contribution < 1.29 is 9.53 Å². The van der Waals surface area contributed by atoms with Crippen molar-refractivity contribution in [2.24, 2.45) is 5.92 Å². The lowest BCUT2D eigenvalue weighted by Gasteiger charge is -2.20. The Kier molecular flexibility index (Phi) is 9.62. The molecule has 0 atom stereocenters. The zero-order valence-electron chi connectivity index (χ0n) is 21.3. The number of hydrogen-bond acceptors (Lipinski definition) is 3. The fourth-order valence-electron chi connectivity index (χ4n) is 5.14. The molecule has 188 valence electrons. The minimum atomic E-state index is 0.255. The summed E-state index contributed by atoms with van der Waals surface area (Å²) in [6.45, 7) is 4.58. The minimum Gasteiger partial charge on any atom is -0.493 e. The second-order valence-electron chi connectivity index (χ2n) is 9.93. The first-order chi connectivity index (χ1) is 17.2. The van der Waals surface area contributed by atoms with E-state index in [4.69, 9.17) is 9.72 Å². The number of para-hydroxylation sites is 3. The maximum Gasteiger partial charge on any atom is 0.223 e. The number of benzene rings is 2. The average molecular weight is 476 g/mol. The molecule has 5 heteroatoms. The van der Waals surface area contributed by atoms with E-state index in [2.05, 4.69) is 47.1 Å². The quantitative estimate of drug-likeness (QED) is 0.283. The number of fused-ring (bicyclic) bond motifs is 1. The van der Waals surface area contributed by atoms with E-state index in [1.807, 2.05) is 18.2 Å². The van der Waals surface area contributed by atoms with Crippen LogP contribution in [0.5, 0.6) is 5.75 Å². The van der Waals surface area contributed by atoms with Gasteiger partial charge >= 0.3 is 0 Å². The van der Waals surface area contributed by atoms with Crippen LogP contribution in [0.1, 0.15) is 75.6 Å². The van der Waals surface area contributed by atoms with Gasteiger partial charge in [0.25, 0.3) is 0 Å². The summed E-state index contributed by atoms with van der Waals surface area (Å²) in [4.78, 5) is 17.2. The molecular weight excluding hydrogens is 434 g/mol. The largest absolute Gasteiger partial charge is 0.493 e.